The number of carbonyl (C=O) groups is 2. The van der Waals surface area contributed by atoms with E-state index >= 15 is 0 Å². The monoisotopic (exact) mass is 311 g/mol. The molecular formula is C16H29N3O3. The maximum Gasteiger partial charge on any atom is 0.304 e. The second kappa shape index (κ2) is 8.48. The van der Waals surface area contributed by atoms with Gasteiger partial charge in [0.15, 0.2) is 0 Å². The Hall–Kier alpha value is -1.14. The van der Waals surface area contributed by atoms with Crippen LogP contribution in [0.25, 0.3) is 0 Å². The fraction of sp³-hybridized carbons (Fsp3) is 0.875. The SMILES string of the molecule is CN1CCCC(CCC(=O)N2CCN(CCC(=O)O)CC2)C1. The fourth-order valence-electron chi connectivity index (χ4n) is 3.47. The number of carboxylic acids is 1. The van der Waals surface area contributed by atoms with Crippen LogP contribution >= 0.6 is 0 Å². The average molecular weight is 311 g/mol. The van der Waals surface area contributed by atoms with Gasteiger partial charge >= 0.3 is 5.97 Å². The van der Waals surface area contributed by atoms with E-state index in [1.54, 1.807) is 0 Å². The van der Waals surface area contributed by atoms with Crippen LogP contribution in [0.4, 0.5) is 0 Å². The van der Waals surface area contributed by atoms with Crippen molar-refractivity contribution in [3.63, 3.8) is 0 Å². The van der Waals surface area contributed by atoms with E-state index < -0.39 is 5.97 Å². The van der Waals surface area contributed by atoms with E-state index in [-0.39, 0.29) is 12.3 Å². The van der Waals surface area contributed by atoms with E-state index in [0.29, 0.717) is 18.9 Å². The van der Waals surface area contributed by atoms with Crippen LogP contribution in [0.3, 0.4) is 0 Å². The summed E-state index contributed by atoms with van der Waals surface area (Å²) in [4.78, 5) is 29.3. The molecule has 2 heterocycles. The van der Waals surface area contributed by atoms with Gasteiger partial charge in [-0.15, -0.1) is 0 Å². The van der Waals surface area contributed by atoms with Crippen molar-refractivity contribution in [2.24, 2.45) is 5.92 Å². The quantitative estimate of drug-likeness (QED) is 0.783. The molecule has 2 aliphatic rings. The van der Waals surface area contributed by atoms with Crippen molar-refractivity contribution >= 4 is 11.9 Å². The van der Waals surface area contributed by atoms with Crippen LogP contribution in [0, 0.1) is 5.92 Å². The van der Waals surface area contributed by atoms with Crippen LogP contribution in [0.15, 0.2) is 0 Å². The minimum Gasteiger partial charge on any atom is -0.481 e. The van der Waals surface area contributed by atoms with Crippen LogP contribution in [-0.2, 0) is 9.59 Å². The second-order valence-electron chi connectivity index (χ2n) is 6.68. The lowest BCUT2D eigenvalue weighted by Gasteiger charge is -2.35. The molecule has 1 amide bonds. The van der Waals surface area contributed by atoms with Crippen molar-refractivity contribution in [1.82, 2.24) is 14.7 Å². The molecule has 126 valence electrons. The van der Waals surface area contributed by atoms with Gasteiger partial charge in [0, 0.05) is 45.7 Å². The highest BCUT2D eigenvalue weighted by Gasteiger charge is 2.23. The smallest absolute Gasteiger partial charge is 0.304 e. The molecule has 22 heavy (non-hydrogen) atoms. The number of carbonyl (C=O) groups excluding carboxylic acids is 1. The Morgan fingerprint density at radius 1 is 1.09 bits per heavy atom. The van der Waals surface area contributed by atoms with Crippen LogP contribution in [0.5, 0.6) is 0 Å². The third kappa shape index (κ3) is 5.57. The number of aliphatic carboxylic acids is 1. The maximum atomic E-state index is 12.3. The van der Waals surface area contributed by atoms with E-state index in [0.717, 1.165) is 39.1 Å². The molecule has 2 rings (SSSR count). The predicted molar refractivity (Wildman–Crippen MR) is 84.7 cm³/mol. The van der Waals surface area contributed by atoms with E-state index in [9.17, 15) is 9.59 Å². The number of likely N-dealkylation sites (tertiary alicyclic amines) is 1. The van der Waals surface area contributed by atoms with Crippen molar-refractivity contribution < 1.29 is 14.7 Å². The van der Waals surface area contributed by atoms with Gasteiger partial charge in [-0.1, -0.05) is 0 Å². The van der Waals surface area contributed by atoms with Gasteiger partial charge in [0.1, 0.15) is 0 Å². The van der Waals surface area contributed by atoms with Gasteiger partial charge in [0.05, 0.1) is 6.42 Å². The molecule has 0 aromatic heterocycles. The third-order valence-electron chi connectivity index (χ3n) is 4.86. The Kier molecular flexibility index (Phi) is 6.64. The van der Waals surface area contributed by atoms with Gasteiger partial charge in [0.25, 0.3) is 0 Å². The predicted octanol–water partition coefficient (Wildman–Crippen LogP) is 0.727. The van der Waals surface area contributed by atoms with Crippen LogP contribution < -0.4 is 0 Å². The zero-order valence-corrected chi connectivity index (χ0v) is 13.7. The largest absolute Gasteiger partial charge is 0.481 e. The summed E-state index contributed by atoms with van der Waals surface area (Å²) in [6.45, 7) is 5.97. The Morgan fingerprint density at radius 3 is 2.45 bits per heavy atom. The number of piperidine rings is 1. The normalized spacial score (nSPS) is 24.4. The lowest BCUT2D eigenvalue weighted by molar-refractivity contribution is -0.138. The lowest BCUT2D eigenvalue weighted by atomic mass is 9.93. The van der Waals surface area contributed by atoms with Crippen molar-refractivity contribution in [3.8, 4) is 0 Å². The number of piperazine rings is 1. The highest BCUT2D eigenvalue weighted by molar-refractivity contribution is 5.76. The van der Waals surface area contributed by atoms with E-state index in [4.69, 9.17) is 5.11 Å². The molecule has 1 atom stereocenters. The van der Waals surface area contributed by atoms with Crippen LogP contribution in [0.2, 0.25) is 0 Å². The van der Waals surface area contributed by atoms with Crippen LogP contribution in [0.1, 0.15) is 32.1 Å². The molecule has 0 radical (unpaired) electrons. The first-order valence-electron chi connectivity index (χ1n) is 8.45. The summed E-state index contributed by atoms with van der Waals surface area (Å²) >= 11 is 0. The molecule has 0 saturated carbocycles. The number of hydrogen-bond acceptors (Lipinski definition) is 4. The number of nitrogens with zero attached hydrogens (tertiary/aromatic N) is 3. The van der Waals surface area contributed by atoms with Gasteiger partial charge in [-0.05, 0) is 38.8 Å². The number of amides is 1. The molecule has 6 nitrogen and oxygen atoms in total. The molecule has 2 aliphatic heterocycles. The molecule has 0 aromatic carbocycles. The van der Waals surface area contributed by atoms with Gasteiger partial charge in [0.2, 0.25) is 5.91 Å². The second-order valence-corrected chi connectivity index (χ2v) is 6.68. The Balaban J connectivity index is 1.63. The molecular weight excluding hydrogens is 282 g/mol. The van der Waals surface area contributed by atoms with E-state index in [1.165, 1.54) is 19.4 Å². The Bertz CT molecular complexity index is 381. The highest BCUT2D eigenvalue weighted by atomic mass is 16.4. The van der Waals surface area contributed by atoms with Crippen molar-refractivity contribution in [3.05, 3.63) is 0 Å². The van der Waals surface area contributed by atoms with Crippen molar-refractivity contribution in [2.75, 3.05) is 52.9 Å². The van der Waals surface area contributed by atoms with Gasteiger partial charge in [-0.25, -0.2) is 0 Å². The average Bonchev–Trinajstić information content (AvgIpc) is 2.51. The molecule has 0 spiro atoms. The molecule has 2 fully saturated rings. The molecule has 0 aliphatic carbocycles. The topological polar surface area (TPSA) is 64.1 Å². The first-order chi connectivity index (χ1) is 10.5. The molecule has 6 heteroatoms. The maximum absolute atomic E-state index is 12.3. The third-order valence-corrected chi connectivity index (χ3v) is 4.86. The zero-order chi connectivity index (χ0) is 15.9. The molecule has 0 aromatic rings. The lowest BCUT2D eigenvalue weighted by Crippen LogP contribution is -2.49. The number of rotatable bonds is 6. The minimum absolute atomic E-state index is 0.184. The number of hydrogen-bond donors (Lipinski definition) is 1. The first-order valence-corrected chi connectivity index (χ1v) is 8.45. The standard InChI is InChI=1S/C16H29N3O3/c1-17-7-2-3-14(13-17)4-5-15(20)19-11-9-18(10-12-19)8-6-16(21)22/h14H,2-13H2,1H3,(H,21,22). The summed E-state index contributed by atoms with van der Waals surface area (Å²) in [7, 11) is 2.16. The summed E-state index contributed by atoms with van der Waals surface area (Å²) in [6.07, 6.45) is 4.34. The summed E-state index contributed by atoms with van der Waals surface area (Å²) < 4.78 is 0. The van der Waals surface area contributed by atoms with Crippen LogP contribution in [-0.4, -0.2) is 84.5 Å². The van der Waals surface area contributed by atoms with Gasteiger partial charge < -0.3 is 14.9 Å². The zero-order valence-electron chi connectivity index (χ0n) is 13.7. The summed E-state index contributed by atoms with van der Waals surface area (Å²) in [5.74, 6) is 0.182. The summed E-state index contributed by atoms with van der Waals surface area (Å²) in [6, 6.07) is 0. The Morgan fingerprint density at radius 2 is 1.82 bits per heavy atom. The minimum atomic E-state index is -0.754. The molecule has 2 saturated heterocycles. The molecule has 1 N–H and O–H groups in total. The summed E-state index contributed by atoms with van der Waals surface area (Å²) in [5.41, 5.74) is 0. The highest BCUT2D eigenvalue weighted by Crippen LogP contribution is 2.20. The Labute approximate surface area is 133 Å². The van der Waals surface area contributed by atoms with Gasteiger partial charge in [-0.3, -0.25) is 14.5 Å². The van der Waals surface area contributed by atoms with E-state index in [1.807, 2.05) is 4.90 Å². The van der Waals surface area contributed by atoms with Crippen molar-refractivity contribution in [2.45, 2.75) is 32.1 Å². The fourth-order valence-corrected chi connectivity index (χ4v) is 3.47. The van der Waals surface area contributed by atoms with E-state index in [2.05, 4.69) is 16.8 Å². The first kappa shape index (κ1) is 17.2. The summed E-state index contributed by atoms with van der Waals surface area (Å²) in [5, 5.41) is 8.70. The molecule has 0 bridgehead atoms. The molecule has 1 unspecified atom stereocenters. The van der Waals surface area contributed by atoms with Gasteiger partial charge in [-0.2, -0.15) is 0 Å². The van der Waals surface area contributed by atoms with Crippen molar-refractivity contribution in [1.29, 1.82) is 0 Å². The number of carboxylic acid groups (broad SMARTS) is 1.